The highest BCUT2D eigenvalue weighted by molar-refractivity contribution is 6.74. The quantitative estimate of drug-likeness (QED) is 0.237. The van der Waals surface area contributed by atoms with Crippen molar-refractivity contribution < 1.29 is 14.6 Å². The Kier molecular flexibility index (Phi) is 9.77. The number of fused-ring (bicyclic) bond motifs is 1. The molecule has 0 aliphatic heterocycles. The third kappa shape index (κ3) is 6.45. The molecule has 3 saturated carbocycles. The van der Waals surface area contributed by atoms with Gasteiger partial charge in [-0.15, -0.1) is 0 Å². The summed E-state index contributed by atoms with van der Waals surface area (Å²) >= 11 is 0. The van der Waals surface area contributed by atoms with Gasteiger partial charge in [0.05, 0.1) is 5.60 Å². The topological polar surface area (TPSA) is 49.7 Å². The molecule has 0 radical (unpaired) electrons. The van der Waals surface area contributed by atoms with Crippen molar-refractivity contribution in [1.82, 2.24) is 0 Å². The van der Waals surface area contributed by atoms with Crippen molar-refractivity contribution >= 4 is 8.32 Å². The number of hydrogen-bond donors (Lipinski definition) is 2. The number of rotatable bonds is 8. The average molecular weight is 545 g/mol. The van der Waals surface area contributed by atoms with Crippen LogP contribution in [0.2, 0.25) is 18.1 Å². The Morgan fingerprint density at radius 1 is 1.05 bits per heavy atom. The van der Waals surface area contributed by atoms with Gasteiger partial charge in [0.15, 0.2) is 8.32 Å². The summed E-state index contributed by atoms with van der Waals surface area (Å²) in [5, 5.41) is 24.0. The molecule has 3 rings (SSSR count). The van der Waals surface area contributed by atoms with E-state index in [9.17, 15) is 10.2 Å². The zero-order valence-corrected chi connectivity index (χ0v) is 27.4. The van der Waals surface area contributed by atoms with Crippen LogP contribution in [0, 0.1) is 35.0 Å². The molecule has 8 unspecified atom stereocenters. The van der Waals surface area contributed by atoms with E-state index in [-0.39, 0.29) is 22.5 Å². The second-order valence-electron chi connectivity index (χ2n) is 15.4. The van der Waals surface area contributed by atoms with Crippen LogP contribution >= 0.6 is 0 Å². The normalized spacial score (nSPS) is 36.6. The summed E-state index contributed by atoms with van der Waals surface area (Å²) in [6, 6.07) is 0. The lowest BCUT2D eigenvalue weighted by atomic mass is 9.56. The van der Waals surface area contributed by atoms with E-state index in [1.807, 2.05) is 6.08 Å². The van der Waals surface area contributed by atoms with Gasteiger partial charge in [0.2, 0.25) is 0 Å². The van der Waals surface area contributed by atoms with E-state index in [2.05, 4.69) is 87.2 Å². The lowest BCUT2D eigenvalue weighted by molar-refractivity contribution is -0.155. The van der Waals surface area contributed by atoms with Gasteiger partial charge in [-0.1, -0.05) is 79.7 Å². The molecule has 3 aliphatic carbocycles. The highest BCUT2D eigenvalue weighted by Gasteiger charge is 2.59. The molecule has 2 N–H and O–H groups in total. The molecule has 0 aromatic rings. The van der Waals surface area contributed by atoms with Crippen LogP contribution in [0.1, 0.15) is 107 Å². The molecule has 3 aliphatic rings. The summed E-state index contributed by atoms with van der Waals surface area (Å²) in [5.41, 5.74) is 1.18. The maximum absolute atomic E-state index is 12.2. The summed E-state index contributed by atoms with van der Waals surface area (Å²) in [6.45, 7) is 27.5. The van der Waals surface area contributed by atoms with Crippen LogP contribution in [0.25, 0.3) is 0 Å². The fraction of sp³-hybridized carbons (Fsp3) is 0.824. The number of aliphatic hydroxyl groups is 2. The van der Waals surface area contributed by atoms with E-state index in [0.717, 1.165) is 56.1 Å². The van der Waals surface area contributed by atoms with Gasteiger partial charge in [-0.05, 0) is 116 Å². The second kappa shape index (κ2) is 11.7. The third-order valence-corrected chi connectivity index (χ3v) is 16.1. The molecular weight excluding hydrogens is 484 g/mol. The molecule has 3 nitrogen and oxygen atoms in total. The average Bonchev–Trinajstić information content (AvgIpc) is 3.16. The summed E-state index contributed by atoms with van der Waals surface area (Å²) in [7, 11) is -1.87. The van der Waals surface area contributed by atoms with Crippen LogP contribution in [-0.2, 0) is 4.43 Å². The molecule has 0 bridgehead atoms. The molecule has 0 aromatic heterocycles. The van der Waals surface area contributed by atoms with Gasteiger partial charge in [-0.3, -0.25) is 0 Å². The number of aliphatic hydroxyl groups excluding tert-OH is 1. The van der Waals surface area contributed by atoms with Gasteiger partial charge in [0.1, 0.15) is 6.10 Å². The van der Waals surface area contributed by atoms with Crippen LogP contribution in [-0.4, -0.2) is 36.3 Å². The lowest BCUT2D eigenvalue weighted by Gasteiger charge is -2.52. The van der Waals surface area contributed by atoms with Crippen LogP contribution < -0.4 is 0 Å². The zero-order chi connectivity index (χ0) is 28.7. The Labute approximate surface area is 236 Å². The van der Waals surface area contributed by atoms with E-state index >= 15 is 0 Å². The fourth-order valence-electron chi connectivity index (χ4n) is 7.50. The van der Waals surface area contributed by atoms with E-state index in [0.29, 0.717) is 30.1 Å². The molecule has 218 valence electrons. The van der Waals surface area contributed by atoms with Gasteiger partial charge in [0.25, 0.3) is 0 Å². The molecule has 0 heterocycles. The third-order valence-electron chi connectivity index (χ3n) is 11.5. The van der Waals surface area contributed by atoms with Crippen molar-refractivity contribution in [2.45, 2.75) is 143 Å². The van der Waals surface area contributed by atoms with Crippen LogP contribution in [0.4, 0.5) is 0 Å². The van der Waals surface area contributed by atoms with Crippen molar-refractivity contribution in [2.75, 3.05) is 0 Å². The number of hydrogen-bond acceptors (Lipinski definition) is 3. The van der Waals surface area contributed by atoms with Crippen LogP contribution in [0.15, 0.2) is 36.0 Å². The highest BCUT2D eigenvalue weighted by Crippen LogP contribution is 2.61. The van der Waals surface area contributed by atoms with Crippen molar-refractivity contribution in [3.8, 4) is 0 Å². The second-order valence-corrected chi connectivity index (χ2v) is 20.2. The molecule has 3 fully saturated rings. The maximum atomic E-state index is 12.2. The predicted molar refractivity (Wildman–Crippen MR) is 165 cm³/mol. The first-order chi connectivity index (χ1) is 17.4. The van der Waals surface area contributed by atoms with Crippen LogP contribution in [0.5, 0.6) is 0 Å². The minimum atomic E-state index is -1.87. The SMILES string of the molecule is C=C1CCC(O[Si](C)(C)C(C)(C)C)CC1=CC(O)C1(O)CCCC2(C)C(C(C)C=CC(C)C(C)C)CCC21. The number of allylic oxidation sites excluding steroid dienone is 3. The van der Waals surface area contributed by atoms with Gasteiger partial charge < -0.3 is 14.6 Å². The monoisotopic (exact) mass is 544 g/mol. The van der Waals surface area contributed by atoms with Gasteiger partial charge in [-0.25, -0.2) is 0 Å². The summed E-state index contributed by atoms with van der Waals surface area (Å²) in [4.78, 5) is 0. The predicted octanol–water partition coefficient (Wildman–Crippen LogP) is 8.84. The van der Waals surface area contributed by atoms with Crippen molar-refractivity contribution in [3.05, 3.63) is 36.0 Å². The first-order valence-corrected chi connectivity index (χ1v) is 18.5. The lowest BCUT2D eigenvalue weighted by Crippen LogP contribution is -2.56. The standard InChI is InChI=1S/C34H60O3Si/c1-23(2)24(3)13-14-26(5)29-17-18-30-33(29,9)19-12-20-34(30,36)31(35)22-27-21-28(16-15-25(27)4)37-38(10,11)32(6,7)8/h13-14,22-24,26,28-31,35-36H,4,12,15-21H2,1-3,5-11H3. The Morgan fingerprint density at radius 2 is 1.71 bits per heavy atom. The molecule has 38 heavy (non-hydrogen) atoms. The van der Waals surface area contributed by atoms with Gasteiger partial charge in [-0.2, -0.15) is 0 Å². The molecule has 0 amide bonds. The largest absolute Gasteiger partial charge is 0.414 e. The molecule has 4 heteroatoms. The van der Waals surface area contributed by atoms with Gasteiger partial charge in [0, 0.05) is 6.10 Å². The Hall–Kier alpha value is -0.683. The van der Waals surface area contributed by atoms with Gasteiger partial charge >= 0.3 is 0 Å². The molecule has 0 spiro atoms. The fourth-order valence-corrected chi connectivity index (χ4v) is 8.89. The Morgan fingerprint density at radius 3 is 2.32 bits per heavy atom. The Balaban J connectivity index is 1.78. The smallest absolute Gasteiger partial charge is 0.192 e. The Bertz CT molecular complexity index is 896. The van der Waals surface area contributed by atoms with Crippen molar-refractivity contribution in [3.63, 3.8) is 0 Å². The summed E-state index contributed by atoms with van der Waals surface area (Å²) in [5.74, 6) is 2.37. The molecule has 8 atom stereocenters. The van der Waals surface area contributed by atoms with Crippen molar-refractivity contribution in [1.29, 1.82) is 0 Å². The summed E-state index contributed by atoms with van der Waals surface area (Å²) < 4.78 is 6.76. The van der Waals surface area contributed by atoms with E-state index in [4.69, 9.17) is 4.43 Å². The van der Waals surface area contributed by atoms with E-state index in [1.165, 1.54) is 0 Å². The first kappa shape index (κ1) is 31.8. The van der Waals surface area contributed by atoms with E-state index in [1.54, 1.807) is 0 Å². The minimum Gasteiger partial charge on any atom is -0.414 e. The zero-order valence-electron chi connectivity index (χ0n) is 26.4. The molecule has 0 aromatic carbocycles. The maximum Gasteiger partial charge on any atom is 0.192 e. The highest BCUT2D eigenvalue weighted by atomic mass is 28.4. The first-order valence-electron chi connectivity index (χ1n) is 15.6. The van der Waals surface area contributed by atoms with E-state index < -0.39 is 20.0 Å². The minimum absolute atomic E-state index is 0.0505. The molecule has 0 saturated heterocycles. The van der Waals surface area contributed by atoms with Crippen molar-refractivity contribution in [2.24, 2.45) is 35.0 Å². The van der Waals surface area contributed by atoms with Crippen LogP contribution in [0.3, 0.4) is 0 Å². The summed E-state index contributed by atoms with van der Waals surface area (Å²) in [6.07, 6.45) is 13.7. The molecular formula is C34H60O3Si.